The highest BCUT2D eigenvalue weighted by atomic mass is 35.5. The third-order valence-electron chi connectivity index (χ3n) is 3.97. The number of halogens is 1. The van der Waals surface area contributed by atoms with Crippen molar-refractivity contribution in [1.29, 1.82) is 0 Å². The molecule has 0 radical (unpaired) electrons. The lowest BCUT2D eigenvalue weighted by atomic mass is 9.87. The van der Waals surface area contributed by atoms with Gasteiger partial charge in [-0.3, -0.25) is 4.79 Å². The van der Waals surface area contributed by atoms with Gasteiger partial charge < -0.3 is 5.32 Å². The minimum Gasteiger partial charge on any atom is -0.349 e. The molecule has 1 heterocycles. The summed E-state index contributed by atoms with van der Waals surface area (Å²) in [6, 6.07) is 3.82. The van der Waals surface area contributed by atoms with Crippen LogP contribution < -0.4 is 5.32 Å². The molecule has 1 aliphatic carbocycles. The molecule has 1 fully saturated rings. The minimum absolute atomic E-state index is 0.0220. The first kappa shape index (κ1) is 15.3. The van der Waals surface area contributed by atoms with Crippen LogP contribution in [0.4, 0.5) is 0 Å². The maximum absolute atomic E-state index is 12.3. The lowest BCUT2D eigenvalue weighted by Crippen LogP contribution is -2.37. The fraction of sp³-hybridized carbons (Fsp3) is 0.625. The summed E-state index contributed by atoms with van der Waals surface area (Å²) in [6.07, 6.45) is 6.39. The Hall–Kier alpha value is -1.09. The molecule has 0 unspecified atom stereocenters. The summed E-state index contributed by atoms with van der Waals surface area (Å²) in [4.78, 5) is 16.6. The number of nitrogens with zero attached hydrogens (tertiary/aromatic N) is 1. The van der Waals surface area contributed by atoms with Crippen LogP contribution in [0.2, 0.25) is 5.15 Å². The van der Waals surface area contributed by atoms with Gasteiger partial charge in [-0.05, 0) is 50.2 Å². The van der Waals surface area contributed by atoms with Crippen LogP contribution in [-0.2, 0) is 6.42 Å². The molecule has 0 aliphatic heterocycles. The summed E-state index contributed by atoms with van der Waals surface area (Å²) in [7, 11) is 0. The van der Waals surface area contributed by atoms with E-state index in [1.807, 2.05) is 6.07 Å². The number of hydrogen-bond acceptors (Lipinski definition) is 2. The summed E-state index contributed by atoms with van der Waals surface area (Å²) in [5.41, 5.74) is 1.52. The highest BCUT2D eigenvalue weighted by Crippen LogP contribution is 2.23. The van der Waals surface area contributed by atoms with Crippen LogP contribution in [0.5, 0.6) is 0 Å². The normalized spacial score (nSPS) is 22.6. The molecular formula is C16H23ClN2O. The first-order chi connectivity index (χ1) is 9.58. The van der Waals surface area contributed by atoms with Crippen LogP contribution in [0.15, 0.2) is 12.1 Å². The van der Waals surface area contributed by atoms with Crippen molar-refractivity contribution in [3.63, 3.8) is 0 Å². The smallest absolute Gasteiger partial charge is 0.251 e. The van der Waals surface area contributed by atoms with Gasteiger partial charge in [-0.1, -0.05) is 31.9 Å². The molecule has 0 bridgehead atoms. The highest BCUT2D eigenvalue weighted by Gasteiger charge is 2.20. The van der Waals surface area contributed by atoms with E-state index in [-0.39, 0.29) is 5.91 Å². The van der Waals surface area contributed by atoms with Gasteiger partial charge in [0.05, 0.1) is 0 Å². The van der Waals surface area contributed by atoms with Gasteiger partial charge in [0.1, 0.15) is 5.15 Å². The molecule has 0 spiro atoms. The second-order valence-electron chi connectivity index (χ2n) is 5.85. The van der Waals surface area contributed by atoms with Gasteiger partial charge in [-0.15, -0.1) is 0 Å². The molecule has 3 nitrogen and oxygen atoms in total. The molecule has 110 valence electrons. The Labute approximate surface area is 126 Å². The highest BCUT2D eigenvalue weighted by molar-refractivity contribution is 6.29. The summed E-state index contributed by atoms with van der Waals surface area (Å²) in [5.74, 6) is 0.765. The van der Waals surface area contributed by atoms with Crippen molar-refractivity contribution in [3.8, 4) is 0 Å². The molecule has 0 atom stereocenters. The average Bonchev–Trinajstić information content (AvgIpc) is 2.41. The maximum Gasteiger partial charge on any atom is 0.251 e. The van der Waals surface area contributed by atoms with Gasteiger partial charge in [0.25, 0.3) is 5.91 Å². The molecule has 1 aliphatic rings. The minimum atomic E-state index is -0.0220. The van der Waals surface area contributed by atoms with Crippen molar-refractivity contribution in [2.24, 2.45) is 5.92 Å². The van der Waals surface area contributed by atoms with E-state index in [1.54, 1.807) is 6.07 Å². The van der Waals surface area contributed by atoms with E-state index in [0.717, 1.165) is 37.3 Å². The lowest BCUT2D eigenvalue weighted by molar-refractivity contribution is 0.0922. The van der Waals surface area contributed by atoms with E-state index in [9.17, 15) is 4.79 Å². The fourth-order valence-corrected chi connectivity index (χ4v) is 2.97. The van der Waals surface area contributed by atoms with Crippen molar-refractivity contribution in [3.05, 3.63) is 28.5 Å². The summed E-state index contributed by atoms with van der Waals surface area (Å²) in [6.45, 7) is 4.36. The Morgan fingerprint density at radius 3 is 2.70 bits per heavy atom. The third kappa shape index (κ3) is 4.20. The van der Waals surface area contributed by atoms with Crippen molar-refractivity contribution in [1.82, 2.24) is 10.3 Å². The first-order valence-corrected chi connectivity index (χ1v) is 7.93. The molecular weight excluding hydrogens is 272 g/mol. The van der Waals surface area contributed by atoms with Crippen LogP contribution >= 0.6 is 11.6 Å². The van der Waals surface area contributed by atoms with Gasteiger partial charge in [0, 0.05) is 17.3 Å². The molecule has 1 saturated carbocycles. The van der Waals surface area contributed by atoms with Crippen LogP contribution in [0.1, 0.15) is 62.0 Å². The monoisotopic (exact) mass is 294 g/mol. The predicted molar refractivity (Wildman–Crippen MR) is 82.1 cm³/mol. The zero-order valence-corrected chi connectivity index (χ0v) is 13.0. The molecule has 1 amide bonds. The van der Waals surface area contributed by atoms with E-state index in [2.05, 4.69) is 24.1 Å². The fourth-order valence-electron chi connectivity index (χ4n) is 2.74. The number of aryl methyl sites for hydroxylation is 1. The van der Waals surface area contributed by atoms with E-state index in [1.165, 1.54) is 12.8 Å². The summed E-state index contributed by atoms with van der Waals surface area (Å²) < 4.78 is 0. The van der Waals surface area contributed by atoms with E-state index < -0.39 is 0 Å². The SMILES string of the molecule is CCCc1cc(C(=O)NC2CCC(C)CC2)cc(Cl)n1. The number of nitrogens with one attached hydrogen (secondary N) is 1. The van der Waals surface area contributed by atoms with E-state index in [0.29, 0.717) is 16.8 Å². The second kappa shape index (κ2) is 7.07. The lowest BCUT2D eigenvalue weighted by Gasteiger charge is -2.27. The molecule has 4 heteroatoms. The third-order valence-corrected chi connectivity index (χ3v) is 4.16. The number of carbonyl (C=O) groups is 1. The maximum atomic E-state index is 12.3. The van der Waals surface area contributed by atoms with Crippen LogP contribution in [0.25, 0.3) is 0 Å². The number of carbonyl (C=O) groups excluding carboxylic acids is 1. The standard InChI is InChI=1S/C16H23ClN2O/c1-3-4-14-9-12(10-15(17)18-14)16(20)19-13-7-5-11(2)6-8-13/h9-11,13H,3-8H2,1-2H3,(H,19,20). The van der Waals surface area contributed by atoms with E-state index >= 15 is 0 Å². The number of amides is 1. The Morgan fingerprint density at radius 1 is 1.35 bits per heavy atom. The van der Waals surface area contributed by atoms with Gasteiger partial charge in [0.15, 0.2) is 0 Å². The van der Waals surface area contributed by atoms with Crippen molar-refractivity contribution < 1.29 is 4.79 Å². The Kier molecular flexibility index (Phi) is 5.41. The van der Waals surface area contributed by atoms with Crippen LogP contribution in [0.3, 0.4) is 0 Å². The number of pyridine rings is 1. The van der Waals surface area contributed by atoms with Crippen molar-refractivity contribution >= 4 is 17.5 Å². The number of aromatic nitrogens is 1. The molecule has 1 N–H and O–H groups in total. The van der Waals surface area contributed by atoms with Gasteiger partial charge in [-0.2, -0.15) is 0 Å². The van der Waals surface area contributed by atoms with E-state index in [4.69, 9.17) is 11.6 Å². The first-order valence-electron chi connectivity index (χ1n) is 7.55. The number of rotatable bonds is 4. The Bertz CT molecular complexity index is 468. The molecule has 0 aromatic carbocycles. The molecule has 1 aromatic rings. The Balaban J connectivity index is 2.01. The zero-order chi connectivity index (χ0) is 14.5. The predicted octanol–water partition coefficient (Wildman–Crippen LogP) is 4.00. The summed E-state index contributed by atoms with van der Waals surface area (Å²) >= 11 is 6.00. The van der Waals surface area contributed by atoms with Gasteiger partial charge in [0.2, 0.25) is 0 Å². The molecule has 1 aromatic heterocycles. The topological polar surface area (TPSA) is 42.0 Å². The zero-order valence-electron chi connectivity index (χ0n) is 12.3. The van der Waals surface area contributed by atoms with Gasteiger partial charge >= 0.3 is 0 Å². The Morgan fingerprint density at radius 2 is 2.05 bits per heavy atom. The largest absolute Gasteiger partial charge is 0.349 e. The average molecular weight is 295 g/mol. The van der Waals surface area contributed by atoms with Crippen LogP contribution in [-0.4, -0.2) is 16.9 Å². The second-order valence-corrected chi connectivity index (χ2v) is 6.24. The quantitative estimate of drug-likeness (QED) is 0.853. The molecule has 0 saturated heterocycles. The number of hydrogen-bond donors (Lipinski definition) is 1. The van der Waals surface area contributed by atoms with Gasteiger partial charge in [-0.25, -0.2) is 4.98 Å². The summed E-state index contributed by atoms with van der Waals surface area (Å²) in [5, 5.41) is 3.53. The van der Waals surface area contributed by atoms with Crippen LogP contribution in [0, 0.1) is 5.92 Å². The molecule has 2 rings (SSSR count). The van der Waals surface area contributed by atoms with Crippen molar-refractivity contribution in [2.45, 2.75) is 58.4 Å². The molecule has 20 heavy (non-hydrogen) atoms. The van der Waals surface area contributed by atoms with Crippen molar-refractivity contribution in [2.75, 3.05) is 0 Å².